The lowest BCUT2D eigenvalue weighted by Gasteiger charge is -1.95. The normalized spacial score (nSPS) is 9.60. The molecule has 3 nitrogen and oxygen atoms in total. The maximum Gasteiger partial charge on any atom is 0.0490 e. The third kappa shape index (κ3) is 2.03. The number of rotatable bonds is 4. The van der Waals surface area contributed by atoms with Crippen LogP contribution in [0.1, 0.15) is 5.69 Å². The Kier molecular flexibility index (Phi) is 2.70. The summed E-state index contributed by atoms with van der Waals surface area (Å²) in [6, 6.07) is 1.94. The molecule has 3 heteroatoms. The van der Waals surface area contributed by atoms with Crippen molar-refractivity contribution < 1.29 is 0 Å². The average Bonchev–Trinajstić information content (AvgIpc) is 2.41. The Morgan fingerprint density at radius 3 is 3.30 bits per heavy atom. The molecule has 10 heavy (non-hydrogen) atoms. The fourth-order valence-electron chi connectivity index (χ4n) is 0.692. The van der Waals surface area contributed by atoms with Crippen molar-refractivity contribution in [3.05, 3.63) is 30.6 Å². The van der Waals surface area contributed by atoms with Crippen LogP contribution in [-0.2, 0) is 6.54 Å². The first-order valence-corrected chi connectivity index (χ1v) is 3.23. The van der Waals surface area contributed by atoms with E-state index in [2.05, 4.69) is 22.1 Å². The standard InChI is InChI=1S/C7H11N3/c1-2-4-8-6-7-3-5-9-10-7/h2-3,5,8H,1,4,6H2,(H,9,10). The second-order valence-electron chi connectivity index (χ2n) is 2.00. The van der Waals surface area contributed by atoms with Crippen LogP contribution >= 0.6 is 0 Å². The molecule has 0 saturated carbocycles. The minimum absolute atomic E-state index is 0.825. The molecular formula is C7H11N3. The Hall–Kier alpha value is -1.09. The largest absolute Gasteiger partial charge is 0.308 e. The number of nitrogens with one attached hydrogen (secondary N) is 2. The van der Waals surface area contributed by atoms with Crippen LogP contribution in [0.5, 0.6) is 0 Å². The van der Waals surface area contributed by atoms with Crippen LogP contribution in [0.3, 0.4) is 0 Å². The second-order valence-corrected chi connectivity index (χ2v) is 2.00. The predicted octanol–water partition coefficient (Wildman–Crippen LogP) is 0.685. The van der Waals surface area contributed by atoms with E-state index < -0.39 is 0 Å². The highest BCUT2D eigenvalue weighted by atomic mass is 15.1. The van der Waals surface area contributed by atoms with Gasteiger partial charge in [-0.25, -0.2) is 0 Å². The monoisotopic (exact) mass is 137 g/mol. The summed E-state index contributed by atoms with van der Waals surface area (Å²) in [5, 5.41) is 9.81. The van der Waals surface area contributed by atoms with Gasteiger partial charge in [0.2, 0.25) is 0 Å². The van der Waals surface area contributed by atoms with Crippen molar-refractivity contribution >= 4 is 0 Å². The number of hydrogen-bond acceptors (Lipinski definition) is 2. The summed E-state index contributed by atoms with van der Waals surface area (Å²) in [5.41, 5.74) is 1.10. The molecule has 54 valence electrons. The predicted molar refractivity (Wildman–Crippen MR) is 40.5 cm³/mol. The summed E-state index contributed by atoms with van der Waals surface area (Å²) in [5.74, 6) is 0. The summed E-state index contributed by atoms with van der Waals surface area (Å²) in [6.07, 6.45) is 3.57. The summed E-state index contributed by atoms with van der Waals surface area (Å²) in [7, 11) is 0. The summed E-state index contributed by atoms with van der Waals surface area (Å²) in [6.45, 7) is 5.25. The minimum Gasteiger partial charge on any atom is -0.308 e. The Balaban J connectivity index is 2.21. The van der Waals surface area contributed by atoms with E-state index in [0.717, 1.165) is 18.8 Å². The van der Waals surface area contributed by atoms with Crippen LogP contribution in [0.4, 0.5) is 0 Å². The van der Waals surface area contributed by atoms with Crippen molar-refractivity contribution in [2.75, 3.05) is 6.54 Å². The highest BCUT2D eigenvalue weighted by Gasteiger charge is 1.88. The van der Waals surface area contributed by atoms with Crippen molar-refractivity contribution in [2.24, 2.45) is 0 Å². The SMILES string of the molecule is C=CCNCc1ccn[nH]1. The zero-order valence-electron chi connectivity index (χ0n) is 5.80. The van der Waals surface area contributed by atoms with Crippen LogP contribution in [-0.4, -0.2) is 16.7 Å². The third-order valence-electron chi connectivity index (χ3n) is 1.16. The van der Waals surface area contributed by atoms with Crippen LogP contribution in [0.2, 0.25) is 0 Å². The van der Waals surface area contributed by atoms with E-state index in [9.17, 15) is 0 Å². The van der Waals surface area contributed by atoms with Crippen molar-refractivity contribution in [3.63, 3.8) is 0 Å². The highest BCUT2D eigenvalue weighted by molar-refractivity contribution is 4.96. The lowest BCUT2D eigenvalue weighted by atomic mass is 10.4. The van der Waals surface area contributed by atoms with Crippen LogP contribution in [0.25, 0.3) is 0 Å². The van der Waals surface area contributed by atoms with Crippen LogP contribution in [0, 0.1) is 0 Å². The minimum atomic E-state index is 0.825. The van der Waals surface area contributed by atoms with Gasteiger partial charge < -0.3 is 5.32 Å². The van der Waals surface area contributed by atoms with E-state index >= 15 is 0 Å². The van der Waals surface area contributed by atoms with Crippen LogP contribution < -0.4 is 5.32 Å². The van der Waals surface area contributed by atoms with E-state index in [4.69, 9.17) is 0 Å². The van der Waals surface area contributed by atoms with Gasteiger partial charge in [0.1, 0.15) is 0 Å². The van der Waals surface area contributed by atoms with Crippen LogP contribution in [0.15, 0.2) is 24.9 Å². The van der Waals surface area contributed by atoms with Gasteiger partial charge in [-0.3, -0.25) is 5.10 Å². The molecule has 0 bridgehead atoms. The van der Waals surface area contributed by atoms with Gasteiger partial charge in [-0.15, -0.1) is 6.58 Å². The molecule has 1 rings (SSSR count). The van der Waals surface area contributed by atoms with E-state index in [1.54, 1.807) is 6.20 Å². The van der Waals surface area contributed by atoms with Gasteiger partial charge in [0.15, 0.2) is 0 Å². The van der Waals surface area contributed by atoms with E-state index in [1.165, 1.54) is 0 Å². The topological polar surface area (TPSA) is 40.7 Å². The molecule has 0 aliphatic rings. The van der Waals surface area contributed by atoms with Crippen molar-refractivity contribution in [1.29, 1.82) is 0 Å². The molecule has 0 atom stereocenters. The van der Waals surface area contributed by atoms with Gasteiger partial charge in [0.05, 0.1) is 0 Å². The lowest BCUT2D eigenvalue weighted by Crippen LogP contribution is -2.12. The molecule has 0 amide bonds. The fraction of sp³-hybridized carbons (Fsp3) is 0.286. The molecule has 0 saturated heterocycles. The molecule has 0 aliphatic carbocycles. The molecule has 0 spiro atoms. The molecule has 1 heterocycles. The lowest BCUT2D eigenvalue weighted by molar-refractivity contribution is 0.736. The van der Waals surface area contributed by atoms with E-state index in [0.29, 0.717) is 0 Å². The second kappa shape index (κ2) is 3.85. The summed E-state index contributed by atoms with van der Waals surface area (Å²) >= 11 is 0. The smallest absolute Gasteiger partial charge is 0.0490 e. The summed E-state index contributed by atoms with van der Waals surface area (Å²) in [4.78, 5) is 0. The molecule has 0 unspecified atom stereocenters. The zero-order valence-corrected chi connectivity index (χ0v) is 5.80. The molecule has 0 radical (unpaired) electrons. The first-order chi connectivity index (χ1) is 4.93. The molecule has 1 aromatic heterocycles. The number of nitrogens with zero attached hydrogens (tertiary/aromatic N) is 1. The Bertz CT molecular complexity index is 179. The van der Waals surface area contributed by atoms with Gasteiger partial charge in [-0.05, 0) is 6.07 Å². The number of hydrogen-bond donors (Lipinski definition) is 2. The Morgan fingerprint density at radius 1 is 1.80 bits per heavy atom. The molecule has 0 aromatic carbocycles. The summed E-state index contributed by atoms with van der Waals surface area (Å²) < 4.78 is 0. The van der Waals surface area contributed by atoms with E-state index in [1.807, 2.05) is 12.1 Å². The van der Waals surface area contributed by atoms with Gasteiger partial charge in [0, 0.05) is 25.0 Å². The number of aromatic amines is 1. The molecule has 0 aliphatic heterocycles. The Labute approximate surface area is 60.1 Å². The maximum atomic E-state index is 3.81. The van der Waals surface area contributed by atoms with Gasteiger partial charge >= 0.3 is 0 Å². The Morgan fingerprint density at radius 2 is 2.70 bits per heavy atom. The molecule has 2 N–H and O–H groups in total. The first kappa shape index (κ1) is 7.02. The van der Waals surface area contributed by atoms with Crippen molar-refractivity contribution in [3.8, 4) is 0 Å². The quantitative estimate of drug-likeness (QED) is 0.473. The van der Waals surface area contributed by atoms with Gasteiger partial charge in [-0.1, -0.05) is 6.08 Å². The van der Waals surface area contributed by atoms with Crippen molar-refractivity contribution in [2.45, 2.75) is 6.54 Å². The van der Waals surface area contributed by atoms with Crippen molar-refractivity contribution in [1.82, 2.24) is 15.5 Å². The maximum absolute atomic E-state index is 3.81. The van der Waals surface area contributed by atoms with E-state index in [-0.39, 0.29) is 0 Å². The molecule has 1 aromatic rings. The average molecular weight is 137 g/mol. The number of aromatic nitrogens is 2. The molecule has 0 fully saturated rings. The van der Waals surface area contributed by atoms with Gasteiger partial charge in [-0.2, -0.15) is 5.10 Å². The number of H-pyrrole nitrogens is 1. The highest BCUT2D eigenvalue weighted by Crippen LogP contribution is 1.88. The van der Waals surface area contributed by atoms with Gasteiger partial charge in [0.25, 0.3) is 0 Å². The zero-order chi connectivity index (χ0) is 7.23. The molecular weight excluding hydrogens is 126 g/mol. The fourth-order valence-corrected chi connectivity index (χ4v) is 0.692. The first-order valence-electron chi connectivity index (χ1n) is 3.23. The third-order valence-corrected chi connectivity index (χ3v) is 1.16.